The Morgan fingerprint density at radius 3 is 2.52 bits per heavy atom. The number of halogens is 2. The summed E-state index contributed by atoms with van der Waals surface area (Å²) >= 11 is 6.20. The van der Waals surface area contributed by atoms with Gasteiger partial charge in [0.2, 0.25) is 0 Å². The summed E-state index contributed by atoms with van der Waals surface area (Å²) < 4.78 is 15.9. The van der Waals surface area contributed by atoms with Gasteiger partial charge in [-0.1, -0.05) is 50.4 Å². The van der Waals surface area contributed by atoms with Crippen molar-refractivity contribution in [2.75, 3.05) is 0 Å². The zero-order chi connectivity index (χ0) is 19.4. The first-order chi connectivity index (χ1) is 13.1. The molecule has 3 rings (SSSR count). The summed E-state index contributed by atoms with van der Waals surface area (Å²) in [5.41, 5.74) is 3.36. The summed E-state index contributed by atoms with van der Waals surface area (Å²) in [5.74, 6) is -0.761. The maximum absolute atomic E-state index is 14.0. The number of aromatic nitrogens is 2. The first kappa shape index (κ1) is 19.3. The second-order valence-corrected chi connectivity index (χ2v) is 6.89. The second kappa shape index (κ2) is 8.49. The number of imidazole rings is 1. The Bertz CT molecular complexity index is 965. The summed E-state index contributed by atoms with van der Waals surface area (Å²) in [6, 6.07) is 11.1. The van der Waals surface area contributed by atoms with Crippen LogP contribution in [0.5, 0.6) is 0 Å². The maximum atomic E-state index is 14.0. The molecule has 0 saturated heterocycles. The normalized spacial score (nSPS) is 11.0. The predicted octanol–water partition coefficient (Wildman–Crippen LogP) is 5.80. The molecule has 2 aromatic carbocycles. The summed E-state index contributed by atoms with van der Waals surface area (Å²) in [6.07, 6.45) is 5.39. The minimum absolute atomic E-state index is 0.279. The molecule has 140 valence electrons. The first-order valence-corrected chi connectivity index (χ1v) is 9.58. The molecule has 27 heavy (non-hydrogen) atoms. The molecule has 0 saturated carbocycles. The average molecular weight is 385 g/mol. The molecule has 0 aliphatic rings. The number of hydrogen-bond donors (Lipinski definition) is 0. The molecule has 0 unspecified atom stereocenters. The van der Waals surface area contributed by atoms with Gasteiger partial charge in [0.05, 0.1) is 22.7 Å². The van der Waals surface area contributed by atoms with Crippen LogP contribution in [0.25, 0.3) is 5.69 Å². The SMILES string of the molecule is CCCc1ncn(-c2ccc(F)cc2C(=O)c2ccccc2Cl)c1CCC. The Kier molecular flexibility index (Phi) is 6.07. The molecule has 1 heterocycles. The van der Waals surface area contributed by atoms with Gasteiger partial charge in [-0.3, -0.25) is 4.79 Å². The van der Waals surface area contributed by atoms with Crippen molar-refractivity contribution in [1.82, 2.24) is 9.55 Å². The van der Waals surface area contributed by atoms with Gasteiger partial charge in [0.25, 0.3) is 0 Å². The van der Waals surface area contributed by atoms with Crippen LogP contribution >= 0.6 is 11.6 Å². The van der Waals surface area contributed by atoms with Crippen LogP contribution in [0.15, 0.2) is 48.8 Å². The largest absolute Gasteiger partial charge is 0.302 e. The Hall–Kier alpha value is -2.46. The maximum Gasteiger partial charge on any atom is 0.196 e. The third kappa shape index (κ3) is 3.96. The van der Waals surface area contributed by atoms with Gasteiger partial charge in [-0.15, -0.1) is 0 Å². The lowest BCUT2D eigenvalue weighted by Crippen LogP contribution is -2.10. The highest BCUT2D eigenvalue weighted by Crippen LogP contribution is 2.26. The van der Waals surface area contributed by atoms with Crippen molar-refractivity contribution >= 4 is 17.4 Å². The number of carbonyl (C=O) groups excluding carboxylic acids is 1. The lowest BCUT2D eigenvalue weighted by atomic mass is 10.0. The third-order valence-electron chi connectivity index (χ3n) is 4.51. The van der Waals surface area contributed by atoms with Crippen molar-refractivity contribution in [2.24, 2.45) is 0 Å². The van der Waals surface area contributed by atoms with Crippen LogP contribution in [-0.4, -0.2) is 15.3 Å². The molecular formula is C22H22ClFN2O. The van der Waals surface area contributed by atoms with Crippen LogP contribution in [0.4, 0.5) is 4.39 Å². The number of carbonyl (C=O) groups is 1. The van der Waals surface area contributed by atoms with Crippen LogP contribution in [0.1, 0.15) is 54.0 Å². The molecule has 3 nitrogen and oxygen atoms in total. The fourth-order valence-electron chi connectivity index (χ4n) is 3.26. The number of benzene rings is 2. The van der Waals surface area contributed by atoms with E-state index in [-0.39, 0.29) is 11.3 Å². The van der Waals surface area contributed by atoms with Crippen molar-refractivity contribution in [3.63, 3.8) is 0 Å². The summed E-state index contributed by atoms with van der Waals surface area (Å²) in [4.78, 5) is 17.7. The zero-order valence-corrected chi connectivity index (χ0v) is 16.3. The fraction of sp³-hybridized carbons (Fsp3) is 0.273. The van der Waals surface area contributed by atoms with Gasteiger partial charge in [-0.2, -0.15) is 0 Å². The van der Waals surface area contributed by atoms with E-state index < -0.39 is 5.82 Å². The summed E-state index contributed by atoms with van der Waals surface area (Å²) in [6.45, 7) is 4.21. The van der Waals surface area contributed by atoms with Gasteiger partial charge in [0.1, 0.15) is 5.82 Å². The Morgan fingerprint density at radius 2 is 1.81 bits per heavy atom. The van der Waals surface area contributed by atoms with E-state index in [2.05, 4.69) is 18.8 Å². The molecule has 0 atom stereocenters. The van der Waals surface area contributed by atoms with E-state index >= 15 is 0 Å². The van der Waals surface area contributed by atoms with Crippen molar-refractivity contribution in [3.05, 3.63) is 82.1 Å². The van der Waals surface area contributed by atoms with E-state index in [4.69, 9.17) is 11.6 Å². The predicted molar refractivity (Wildman–Crippen MR) is 106 cm³/mol. The molecule has 3 aromatic rings. The van der Waals surface area contributed by atoms with Crippen LogP contribution in [0, 0.1) is 5.82 Å². The van der Waals surface area contributed by atoms with Crippen molar-refractivity contribution in [2.45, 2.75) is 39.5 Å². The molecule has 0 N–H and O–H groups in total. The number of ketones is 1. The van der Waals surface area contributed by atoms with Crippen LogP contribution < -0.4 is 0 Å². The molecule has 5 heteroatoms. The van der Waals surface area contributed by atoms with Gasteiger partial charge in [-0.25, -0.2) is 9.37 Å². The van der Waals surface area contributed by atoms with E-state index in [1.54, 1.807) is 36.7 Å². The lowest BCUT2D eigenvalue weighted by molar-refractivity contribution is 0.103. The summed E-state index contributed by atoms with van der Waals surface area (Å²) in [5, 5.41) is 0.351. The third-order valence-corrected chi connectivity index (χ3v) is 4.84. The molecule has 0 aliphatic heterocycles. The molecule has 0 aliphatic carbocycles. The molecule has 0 fully saturated rings. The highest BCUT2D eigenvalue weighted by molar-refractivity contribution is 6.35. The molecule has 0 bridgehead atoms. The number of rotatable bonds is 7. The zero-order valence-electron chi connectivity index (χ0n) is 15.5. The Balaban J connectivity index is 2.16. The highest BCUT2D eigenvalue weighted by Gasteiger charge is 2.20. The molecule has 0 amide bonds. The minimum Gasteiger partial charge on any atom is -0.302 e. The van der Waals surface area contributed by atoms with E-state index in [1.807, 2.05) is 4.57 Å². The quantitative estimate of drug-likeness (QED) is 0.482. The number of hydrogen-bond acceptors (Lipinski definition) is 2. The Labute approximate surface area is 163 Å². The smallest absolute Gasteiger partial charge is 0.196 e. The summed E-state index contributed by atoms with van der Waals surface area (Å²) in [7, 11) is 0. The lowest BCUT2D eigenvalue weighted by Gasteiger charge is -2.14. The van der Waals surface area contributed by atoms with E-state index in [9.17, 15) is 9.18 Å². The molecule has 0 spiro atoms. The second-order valence-electron chi connectivity index (χ2n) is 6.48. The van der Waals surface area contributed by atoms with Crippen LogP contribution in [0.2, 0.25) is 5.02 Å². The fourth-order valence-corrected chi connectivity index (χ4v) is 3.48. The van der Waals surface area contributed by atoms with E-state index in [0.29, 0.717) is 16.3 Å². The molecule has 0 radical (unpaired) electrons. The van der Waals surface area contributed by atoms with Crippen molar-refractivity contribution < 1.29 is 9.18 Å². The first-order valence-electron chi connectivity index (χ1n) is 9.21. The van der Waals surface area contributed by atoms with Crippen LogP contribution in [0.3, 0.4) is 0 Å². The van der Waals surface area contributed by atoms with Gasteiger partial charge >= 0.3 is 0 Å². The topological polar surface area (TPSA) is 34.9 Å². The minimum atomic E-state index is -0.458. The van der Waals surface area contributed by atoms with Gasteiger partial charge in [-0.05, 0) is 43.2 Å². The van der Waals surface area contributed by atoms with Crippen molar-refractivity contribution in [1.29, 1.82) is 0 Å². The van der Waals surface area contributed by atoms with Gasteiger partial charge in [0, 0.05) is 16.8 Å². The monoisotopic (exact) mass is 384 g/mol. The molecule has 1 aromatic heterocycles. The highest BCUT2D eigenvalue weighted by atomic mass is 35.5. The van der Waals surface area contributed by atoms with Gasteiger partial charge < -0.3 is 4.57 Å². The average Bonchev–Trinajstić information content (AvgIpc) is 3.05. The van der Waals surface area contributed by atoms with Crippen LogP contribution in [-0.2, 0) is 12.8 Å². The molecular weight excluding hydrogens is 363 g/mol. The standard InChI is InChI=1S/C22H22ClFN2O/c1-3-7-19-21(8-4-2)26(14-25-19)20-12-11-15(24)13-17(20)22(27)16-9-5-6-10-18(16)23/h5-6,9-14H,3-4,7-8H2,1-2H3. The van der Waals surface area contributed by atoms with Crippen molar-refractivity contribution in [3.8, 4) is 5.69 Å². The van der Waals surface area contributed by atoms with E-state index in [1.165, 1.54) is 12.1 Å². The Morgan fingerprint density at radius 1 is 1.07 bits per heavy atom. The van der Waals surface area contributed by atoms with E-state index in [0.717, 1.165) is 37.1 Å². The number of nitrogens with zero attached hydrogens (tertiary/aromatic N) is 2. The number of aryl methyl sites for hydroxylation is 1. The van der Waals surface area contributed by atoms with Gasteiger partial charge in [0.15, 0.2) is 5.78 Å².